The molecule has 0 saturated carbocycles. The Balaban J connectivity index is 1.80. The first-order chi connectivity index (χ1) is 12.5. The van der Waals surface area contributed by atoms with E-state index in [1.54, 1.807) is 24.3 Å². The van der Waals surface area contributed by atoms with Gasteiger partial charge in [0.05, 0.1) is 7.11 Å². The second kappa shape index (κ2) is 7.59. The first-order valence-electron chi connectivity index (χ1n) is 8.66. The number of carbonyl (C=O) groups is 3. The molecular weight excluding hydrogens is 336 g/mol. The molecule has 0 unspecified atom stereocenters. The van der Waals surface area contributed by atoms with Crippen LogP contribution in [0.5, 0.6) is 5.75 Å². The van der Waals surface area contributed by atoms with Crippen LogP contribution in [0, 0.1) is 0 Å². The first-order valence-corrected chi connectivity index (χ1v) is 8.66. The normalized spacial score (nSPS) is 25.2. The molecule has 1 aromatic rings. The third-order valence-corrected chi connectivity index (χ3v) is 4.92. The van der Waals surface area contributed by atoms with Crippen molar-refractivity contribution in [3.8, 4) is 5.75 Å². The van der Waals surface area contributed by atoms with Crippen LogP contribution in [0.2, 0.25) is 0 Å². The molecule has 3 atom stereocenters. The molecule has 2 heterocycles. The van der Waals surface area contributed by atoms with Crippen LogP contribution in [0.15, 0.2) is 36.4 Å². The predicted molar refractivity (Wildman–Crippen MR) is 93.9 cm³/mol. The Labute approximate surface area is 151 Å². The smallest absolute Gasteiger partial charge is 0.326 e. The molecule has 2 amide bonds. The zero-order chi connectivity index (χ0) is 18.7. The van der Waals surface area contributed by atoms with Crippen LogP contribution in [0.3, 0.4) is 0 Å². The van der Waals surface area contributed by atoms with Crippen molar-refractivity contribution in [2.45, 2.75) is 43.8 Å². The van der Waals surface area contributed by atoms with Gasteiger partial charge in [0.2, 0.25) is 5.91 Å². The van der Waals surface area contributed by atoms with Gasteiger partial charge in [-0.3, -0.25) is 9.59 Å². The molecule has 2 aliphatic heterocycles. The summed E-state index contributed by atoms with van der Waals surface area (Å²) in [6.07, 6.45) is 5.91. The Morgan fingerprint density at radius 3 is 2.73 bits per heavy atom. The van der Waals surface area contributed by atoms with E-state index in [1.165, 1.54) is 12.0 Å². The van der Waals surface area contributed by atoms with Crippen molar-refractivity contribution in [2.24, 2.45) is 0 Å². The third-order valence-electron chi connectivity index (χ3n) is 4.92. The minimum absolute atomic E-state index is 0.128. The average Bonchev–Trinajstić information content (AvgIpc) is 3.06. The summed E-state index contributed by atoms with van der Waals surface area (Å²) in [5, 5.41) is 12.2. The number of carboxylic acids is 1. The summed E-state index contributed by atoms with van der Waals surface area (Å²) in [4.78, 5) is 38.5. The Morgan fingerprint density at radius 2 is 2.00 bits per heavy atom. The van der Waals surface area contributed by atoms with Gasteiger partial charge in [-0.25, -0.2) is 4.79 Å². The number of hydrogen-bond acceptors (Lipinski definition) is 4. The Bertz CT molecular complexity index is 745. The van der Waals surface area contributed by atoms with E-state index in [2.05, 4.69) is 5.32 Å². The molecule has 7 heteroatoms. The van der Waals surface area contributed by atoms with Crippen molar-refractivity contribution < 1.29 is 24.2 Å². The second-order valence-electron chi connectivity index (χ2n) is 6.53. The molecule has 0 spiro atoms. The van der Waals surface area contributed by atoms with Crippen LogP contribution in [0.4, 0.5) is 0 Å². The third kappa shape index (κ3) is 3.56. The summed E-state index contributed by atoms with van der Waals surface area (Å²) in [5.41, 5.74) is 0.385. The van der Waals surface area contributed by atoms with Crippen molar-refractivity contribution in [1.29, 1.82) is 0 Å². The number of nitrogens with one attached hydrogen (secondary N) is 1. The van der Waals surface area contributed by atoms with E-state index in [-0.39, 0.29) is 17.9 Å². The highest BCUT2D eigenvalue weighted by Gasteiger charge is 2.43. The summed E-state index contributed by atoms with van der Waals surface area (Å²) in [5.74, 6) is -1.17. The monoisotopic (exact) mass is 358 g/mol. The quantitative estimate of drug-likeness (QED) is 0.797. The van der Waals surface area contributed by atoms with E-state index < -0.39 is 18.1 Å². The number of ether oxygens (including phenoxy) is 1. The number of nitrogens with zero attached hydrogens (tertiary/aromatic N) is 1. The largest absolute Gasteiger partial charge is 0.497 e. The lowest BCUT2D eigenvalue weighted by atomic mass is 10.0. The van der Waals surface area contributed by atoms with Crippen molar-refractivity contribution in [3.05, 3.63) is 42.0 Å². The first kappa shape index (κ1) is 18.0. The highest BCUT2D eigenvalue weighted by atomic mass is 16.5. The minimum Gasteiger partial charge on any atom is -0.497 e. The summed E-state index contributed by atoms with van der Waals surface area (Å²) in [6.45, 7) is 0. The molecule has 1 saturated heterocycles. The average molecular weight is 358 g/mol. The highest BCUT2D eigenvalue weighted by Crippen LogP contribution is 2.29. The van der Waals surface area contributed by atoms with Gasteiger partial charge in [0.15, 0.2) is 0 Å². The summed E-state index contributed by atoms with van der Waals surface area (Å²) in [7, 11) is 1.51. The maximum atomic E-state index is 13.0. The molecule has 2 aliphatic rings. The van der Waals surface area contributed by atoms with E-state index in [1.807, 2.05) is 12.2 Å². The molecule has 1 aromatic carbocycles. The van der Waals surface area contributed by atoms with Gasteiger partial charge in [0.1, 0.15) is 17.8 Å². The molecule has 2 N–H and O–H groups in total. The topological polar surface area (TPSA) is 95.9 Å². The Morgan fingerprint density at radius 1 is 1.23 bits per heavy atom. The fourth-order valence-corrected chi connectivity index (χ4v) is 3.58. The van der Waals surface area contributed by atoms with Gasteiger partial charge in [0, 0.05) is 11.6 Å². The summed E-state index contributed by atoms with van der Waals surface area (Å²) < 4.78 is 5.12. The number of amides is 2. The molecule has 0 radical (unpaired) electrons. The molecule has 1 fully saturated rings. The fraction of sp³-hybridized carbons (Fsp3) is 0.421. The standard InChI is InChI=1S/C19H22N2O5/c1-26-14-7-4-5-12(11-14)17(22)20-15-8-3-2-6-13-9-10-16(19(24)25)21(13)18(15)23/h2-5,7,11,13,15-16H,6,8-10H2,1H3,(H,20,22)(H,24,25)/t13-,15-,16+/m1/s1. The number of carboxylic acid groups (broad SMARTS) is 1. The lowest BCUT2D eigenvalue weighted by Gasteiger charge is -2.32. The van der Waals surface area contributed by atoms with Gasteiger partial charge in [-0.05, 0) is 43.9 Å². The van der Waals surface area contributed by atoms with Crippen LogP contribution in [0.25, 0.3) is 0 Å². The zero-order valence-corrected chi connectivity index (χ0v) is 14.6. The van der Waals surface area contributed by atoms with Crippen molar-refractivity contribution in [2.75, 3.05) is 7.11 Å². The number of carbonyl (C=O) groups excluding carboxylic acids is 2. The van der Waals surface area contributed by atoms with Crippen molar-refractivity contribution in [1.82, 2.24) is 10.2 Å². The van der Waals surface area contributed by atoms with Crippen LogP contribution in [-0.2, 0) is 9.59 Å². The maximum absolute atomic E-state index is 13.0. The summed E-state index contributed by atoms with van der Waals surface area (Å²) in [6, 6.07) is 4.92. The molecule has 138 valence electrons. The molecule has 3 rings (SSSR count). The lowest BCUT2D eigenvalue weighted by molar-refractivity contribution is -0.150. The highest BCUT2D eigenvalue weighted by molar-refractivity contribution is 5.98. The maximum Gasteiger partial charge on any atom is 0.326 e. The SMILES string of the molecule is COc1cccc(C(=O)N[C@@H]2CC=CC[C@@H]3CC[C@@H](C(=O)O)N3C2=O)c1. The van der Waals surface area contributed by atoms with Gasteiger partial charge in [0.25, 0.3) is 5.91 Å². The molecule has 26 heavy (non-hydrogen) atoms. The molecule has 0 bridgehead atoms. The van der Waals surface area contributed by atoms with Gasteiger partial charge >= 0.3 is 5.97 Å². The van der Waals surface area contributed by atoms with Crippen molar-refractivity contribution >= 4 is 17.8 Å². The number of benzene rings is 1. The van der Waals surface area contributed by atoms with Crippen LogP contribution in [-0.4, -0.2) is 53.0 Å². The molecule has 0 aromatic heterocycles. The van der Waals surface area contributed by atoms with Gasteiger partial charge in [-0.1, -0.05) is 18.2 Å². The number of methoxy groups -OCH3 is 1. The lowest BCUT2D eigenvalue weighted by Crippen LogP contribution is -2.54. The second-order valence-corrected chi connectivity index (χ2v) is 6.53. The molecule has 7 nitrogen and oxygen atoms in total. The zero-order valence-electron chi connectivity index (χ0n) is 14.6. The predicted octanol–water partition coefficient (Wildman–Crippen LogP) is 1.59. The Hall–Kier alpha value is -2.83. The van der Waals surface area contributed by atoms with Gasteiger partial charge < -0.3 is 20.1 Å². The van der Waals surface area contributed by atoms with Crippen LogP contribution >= 0.6 is 0 Å². The van der Waals surface area contributed by atoms with E-state index in [0.717, 1.165) is 0 Å². The molecule has 0 aliphatic carbocycles. The minimum atomic E-state index is -0.997. The van der Waals surface area contributed by atoms with E-state index in [9.17, 15) is 19.5 Å². The number of fused-ring (bicyclic) bond motifs is 1. The summed E-state index contributed by atoms with van der Waals surface area (Å²) >= 11 is 0. The van der Waals surface area contributed by atoms with Crippen molar-refractivity contribution in [3.63, 3.8) is 0 Å². The van der Waals surface area contributed by atoms with E-state index in [4.69, 9.17) is 4.74 Å². The van der Waals surface area contributed by atoms with E-state index in [0.29, 0.717) is 37.0 Å². The number of aliphatic carboxylic acids is 1. The van der Waals surface area contributed by atoms with Crippen LogP contribution in [0.1, 0.15) is 36.0 Å². The van der Waals surface area contributed by atoms with Gasteiger partial charge in [-0.15, -0.1) is 0 Å². The Kier molecular flexibility index (Phi) is 5.25. The number of rotatable bonds is 4. The van der Waals surface area contributed by atoms with E-state index >= 15 is 0 Å². The molecular formula is C19H22N2O5. The van der Waals surface area contributed by atoms with Gasteiger partial charge in [-0.2, -0.15) is 0 Å². The number of hydrogen-bond donors (Lipinski definition) is 2. The fourth-order valence-electron chi connectivity index (χ4n) is 3.58. The van der Waals surface area contributed by atoms with Crippen LogP contribution < -0.4 is 10.1 Å².